The molecule has 0 aliphatic carbocycles. The lowest BCUT2D eigenvalue weighted by Crippen LogP contribution is -2.55. The Morgan fingerprint density at radius 1 is 1.46 bits per heavy atom. The van der Waals surface area contributed by atoms with Crippen LogP contribution >= 0.6 is 7.82 Å². The largest absolute Gasteiger partial charge is 0.480 e. The van der Waals surface area contributed by atoms with Crippen molar-refractivity contribution in [2.24, 2.45) is 20.7 Å². The van der Waals surface area contributed by atoms with Crippen LogP contribution in [-0.2, 0) is 27.6 Å². The third-order valence-corrected chi connectivity index (χ3v) is 6.44. The van der Waals surface area contributed by atoms with Crippen LogP contribution in [0.5, 0.6) is 0 Å². The van der Waals surface area contributed by atoms with Crippen molar-refractivity contribution in [1.29, 1.82) is 0 Å². The maximum absolute atomic E-state index is 15.9. The van der Waals surface area contributed by atoms with Gasteiger partial charge in [0.25, 0.3) is 0 Å². The van der Waals surface area contributed by atoms with Gasteiger partial charge in [0.15, 0.2) is 18.1 Å². The Bertz CT molecular complexity index is 802. The highest BCUT2D eigenvalue weighted by atomic mass is 31.2. The summed E-state index contributed by atoms with van der Waals surface area (Å²) in [7, 11) is -2.44. The smallest absolute Gasteiger partial charge is 0.475 e. The number of nitrogens with zero attached hydrogens (tertiary/aromatic N) is 4. The average Bonchev–Trinajstić information content (AvgIpc) is 3.12. The summed E-state index contributed by atoms with van der Waals surface area (Å²) in [5.41, 5.74) is 4.15. The number of guanidine groups is 1. The lowest BCUT2D eigenvalue weighted by atomic mass is 9.97. The number of hydrogen-bond donors (Lipinski definition) is 1. The van der Waals surface area contributed by atoms with Crippen molar-refractivity contribution in [3.8, 4) is 0 Å². The van der Waals surface area contributed by atoms with Crippen molar-refractivity contribution in [3.63, 3.8) is 0 Å². The second-order valence-electron chi connectivity index (χ2n) is 7.28. The Hall–Kier alpha value is -1.43. The normalized spacial score (nSPS) is 43.3. The first-order valence-electron chi connectivity index (χ1n) is 8.87. The van der Waals surface area contributed by atoms with Gasteiger partial charge in [-0.15, -0.1) is 0 Å². The van der Waals surface area contributed by atoms with Crippen LogP contribution in [-0.4, -0.2) is 79.2 Å². The van der Waals surface area contributed by atoms with Crippen LogP contribution in [0, 0.1) is 0 Å². The number of fused-ring (bicyclic) bond motifs is 2. The van der Waals surface area contributed by atoms with Crippen molar-refractivity contribution in [3.05, 3.63) is 0 Å². The fraction of sp³-hybridized carbons (Fsp3) is 0.800. The molecule has 2 unspecified atom stereocenters. The summed E-state index contributed by atoms with van der Waals surface area (Å²) in [4.78, 5) is 14.2. The molecule has 0 bridgehead atoms. The molecular weight excluding hydrogens is 396 g/mol. The Kier molecular flexibility index (Phi) is 4.84. The number of halogens is 1. The molecule has 2 fully saturated rings. The number of alkyl halides is 1. The van der Waals surface area contributed by atoms with Gasteiger partial charge in [-0.3, -0.25) is 18.6 Å². The van der Waals surface area contributed by atoms with Gasteiger partial charge in [-0.1, -0.05) is 0 Å². The molecule has 11 nitrogen and oxygen atoms in total. The van der Waals surface area contributed by atoms with Crippen molar-refractivity contribution < 1.29 is 32.0 Å². The number of ether oxygens (including phenoxy) is 2. The SMILES string of the molecule is COC1=NC(N)=NC2C1=NCN2[C@@H]1O[C@@H]2COP(=O)(OC(C)C)O[C@H]2[C@@]1(C)F. The predicted molar refractivity (Wildman–Crippen MR) is 96.8 cm³/mol. The van der Waals surface area contributed by atoms with Gasteiger partial charge in [-0.05, 0) is 20.8 Å². The fourth-order valence-electron chi connectivity index (χ4n) is 3.68. The highest BCUT2D eigenvalue weighted by molar-refractivity contribution is 7.48. The van der Waals surface area contributed by atoms with Crippen molar-refractivity contribution in [1.82, 2.24) is 4.90 Å². The van der Waals surface area contributed by atoms with E-state index < -0.39 is 44.2 Å². The van der Waals surface area contributed by atoms with Gasteiger partial charge < -0.3 is 15.2 Å². The molecule has 4 heterocycles. The van der Waals surface area contributed by atoms with Crippen molar-refractivity contribution in [2.75, 3.05) is 20.4 Å². The standard InChI is InChI=1S/C15H23FN5O6P/c1-7(2)26-28(22)24-5-8-10(27-28)15(3,16)13(25-8)21-6-18-9-11(21)19-14(17)20-12(9)23-4/h7-8,10-11,13H,5-6H2,1-4H3,(H2,17,19)/t8-,10-,11?,13-,15-,28?/m1/s1. The van der Waals surface area contributed by atoms with Crippen LogP contribution in [0.25, 0.3) is 0 Å². The van der Waals surface area contributed by atoms with Crippen LogP contribution < -0.4 is 5.73 Å². The zero-order valence-corrected chi connectivity index (χ0v) is 16.8. The molecule has 0 aromatic rings. The molecule has 156 valence electrons. The van der Waals surface area contributed by atoms with Gasteiger partial charge in [0, 0.05) is 0 Å². The van der Waals surface area contributed by atoms with Crippen LogP contribution in [0.3, 0.4) is 0 Å². The van der Waals surface area contributed by atoms with E-state index in [1.165, 1.54) is 14.0 Å². The summed E-state index contributed by atoms with van der Waals surface area (Å²) in [5.74, 6) is 0.225. The highest BCUT2D eigenvalue weighted by Crippen LogP contribution is 2.59. The third kappa shape index (κ3) is 3.17. The molecule has 0 saturated carbocycles. The molecule has 2 saturated heterocycles. The maximum atomic E-state index is 15.9. The second kappa shape index (κ2) is 6.82. The Morgan fingerprint density at radius 3 is 2.89 bits per heavy atom. The molecular formula is C15H23FN5O6P. The third-order valence-electron chi connectivity index (χ3n) is 4.81. The van der Waals surface area contributed by atoms with Gasteiger partial charge in [0.2, 0.25) is 11.9 Å². The zero-order chi connectivity index (χ0) is 20.3. The van der Waals surface area contributed by atoms with Gasteiger partial charge in [0.1, 0.15) is 17.9 Å². The minimum atomic E-state index is -3.88. The fourth-order valence-corrected chi connectivity index (χ4v) is 5.31. The predicted octanol–water partition coefficient (Wildman–Crippen LogP) is 0.801. The molecule has 0 aromatic heterocycles. The number of aliphatic imine (C=N–C) groups is 3. The summed E-state index contributed by atoms with van der Waals surface area (Å²) >= 11 is 0. The Morgan fingerprint density at radius 2 is 2.21 bits per heavy atom. The molecule has 4 aliphatic heterocycles. The molecule has 0 amide bonds. The minimum absolute atomic E-state index is 0.00177. The summed E-state index contributed by atoms with van der Waals surface area (Å²) in [5, 5.41) is 0. The van der Waals surface area contributed by atoms with Crippen molar-refractivity contribution >= 4 is 25.4 Å². The topological polar surface area (TPSA) is 130 Å². The first-order chi connectivity index (χ1) is 13.1. The maximum Gasteiger partial charge on any atom is 0.475 e. The number of methoxy groups -OCH3 is 1. The number of hydrogen-bond acceptors (Lipinski definition) is 11. The number of phosphoric ester groups is 1. The lowest BCUT2D eigenvalue weighted by Gasteiger charge is -2.36. The quantitative estimate of drug-likeness (QED) is 0.665. The number of phosphoric acid groups is 1. The first-order valence-corrected chi connectivity index (χ1v) is 10.3. The molecule has 0 radical (unpaired) electrons. The van der Waals surface area contributed by atoms with Gasteiger partial charge >= 0.3 is 7.82 Å². The molecule has 4 rings (SSSR count). The van der Waals surface area contributed by atoms with E-state index in [9.17, 15) is 4.57 Å². The van der Waals surface area contributed by atoms with E-state index in [2.05, 4.69) is 15.0 Å². The van der Waals surface area contributed by atoms with Crippen molar-refractivity contribution in [2.45, 2.75) is 57.1 Å². The monoisotopic (exact) mass is 419 g/mol. The van der Waals surface area contributed by atoms with Crippen LogP contribution in [0.15, 0.2) is 15.0 Å². The average molecular weight is 419 g/mol. The van der Waals surface area contributed by atoms with Crippen LogP contribution in [0.2, 0.25) is 0 Å². The van der Waals surface area contributed by atoms with E-state index in [1.807, 2.05) is 0 Å². The molecule has 28 heavy (non-hydrogen) atoms. The molecule has 0 spiro atoms. The van der Waals surface area contributed by atoms with Crippen LogP contribution in [0.1, 0.15) is 20.8 Å². The van der Waals surface area contributed by atoms with E-state index in [0.717, 1.165) is 0 Å². The van der Waals surface area contributed by atoms with E-state index >= 15 is 4.39 Å². The summed E-state index contributed by atoms with van der Waals surface area (Å²) < 4.78 is 55.5. The molecule has 2 N–H and O–H groups in total. The van der Waals surface area contributed by atoms with E-state index in [4.69, 9.17) is 28.8 Å². The Labute approximate surface area is 161 Å². The molecule has 6 atom stereocenters. The molecule has 0 aromatic carbocycles. The van der Waals surface area contributed by atoms with Gasteiger partial charge in [-0.2, -0.15) is 4.99 Å². The minimum Gasteiger partial charge on any atom is -0.480 e. The van der Waals surface area contributed by atoms with E-state index in [-0.39, 0.29) is 25.1 Å². The lowest BCUT2D eigenvalue weighted by molar-refractivity contribution is -0.108. The summed E-state index contributed by atoms with van der Waals surface area (Å²) in [6.45, 7) is 4.68. The van der Waals surface area contributed by atoms with E-state index in [1.54, 1.807) is 18.7 Å². The van der Waals surface area contributed by atoms with Gasteiger partial charge in [-0.25, -0.2) is 18.8 Å². The summed E-state index contributed by atoms with van der Waals surface area (Å²) in [6.07, 6.45) is -4.10. The van der Waals surface area contributed by atoms with E-state index in [0.29, 0.717) is 5.71 Å². The van der Waals surface area contributed by atoms with Gasteiger partial charge in [0.05, 0.1) is 26.5 Å². The Balaban J connectivity index is 1.57. The second-order valence-corrected chi connectivity index (χ2v) is 8.86. The number of rotatable bonds is 3. The first kappa shape index (κ1) is 19.9. The summed E-state index contributed by atoms with van der Waals surface area (Å²) in [6, 6.07) is 0. The molecule has 13 heteroatoms. The zero-order valence-electron chi connectivity index (χ0n) is 15.9. The number of nitrogens with two attached hydrogens (primary N) is 1. The molecule has 4 aliphatic rings. The highest BCUT2D eigenvalue weighted by Gasteiger charge is 2.63. The van der Waals surface area contributed by atoms with Crippen LogP contribution in [0.4, 0.5) is 4.39 Å².